The first-order valence-electron chi connectivity index (χ1n) is 6.14. The minimum atomic E-state index is -4.32. The second-order valence-corrected chi connectivity index (χ2v) is 5.94. The molecule has 0 aliphatic heterocycles. The van der Waals surface area contributed by atoms with Gasteiger partial charge in [0.05, 0.1) is 10.6 Å². The average Bonchev–Trinajstić information content (AvgIpc) is 2.41. The lowest BCUT2D eigenvalue weighted by atomic mass is 9.99. The summed E-state index contributed by atoms with van der Waals surface area (Å²) in [6.07, 6.45) is -3.88. The van der Waals surface area contributed by atoms with E-state index < -0.39 is 11.7 Å². The predicted molar refractivity (Wildman–Crippen MR) is 81.2 cm³/mol. The summed E-state index contributed by atoms with van der Waals surface area (Å²) in [5, 5.41) is 0.551. The molecule has 0 aromatic heterocycles. The van der Waals surface area contributed by atoms with Gasteiger partial charge in [-0.15, -0.1) is 0 Å². The number of benzene rings is 2. The number of nitrogens with two attached hydrogens (primary N) is 1. The average molecular weight is 379 g/mol. The smallest absolute Gasteiger partial charge is 0.324 e. The van der Waals surface area contributed by atoms with Crippen LogP contribution in [-0.4, -0.2) is 0 Å². The molecule has 0 radical (unpaired) electrons. The molecule has 1 atom stereocenters. The van der Waals surface area contributed by atoms with Gasteiger partial charge in [0.2, 0.25) is 0 Å². The van der Waals surface area contributed by atoms with Crippen LogP contribution in [0.2, 0.25) is 5.02 Å². The zero-order chi connectivity index (χ0) is 15.6. The van der Waals surface area contributed by atoms with E-state index in [1.165, 1.54) is 12.1 Å². The monoisotopic (exact) mass is 377 g/mol. The van der Waals surface area contributed by atoms with Crippen LogP contribution >= 0.6 is 27.5 Å². The Morgan fingerprint density at radius 2 is 1.71 bits per heavy atom. The fourth-order valence-electron chi connectivity index (χ4n) is 1.94. The Labute approximate surface area is 134 Å². The van der Waals surface area contributed by atoms with Crippen molar-refractivity contribution >= 4 is 27.5 Å². The second-order valence-electron chi connectivity index (χ2n) is 4.68. The summed E-state index contributed by atoms with van der Waals surface area (Å²) in [5.74, 6) is 0. The van der Waals surface area contributed by atoms with E-state index in [0.29, 0.717) is 11.4 Å². The summed E-state index contributed by atoms with van der Waals surface area (Å²) in [4.78, 5) is 0. The van der Waals surface area contributed by atoms with Gasteiger partial charge in [0.25, 0.3) is 0 Å². The van der Waals surface area contributed by atoms with E-state index in [-0.39, 0.29) is 6.04 Å². The van der Waals surface area contributed by atoms with E-state index in [0.717, 1.165) is 27.7 Å². The van der Waals surface area contributed by atoms with E-state index >= 15 is 0 Å². The van der Waals surface area contributed by atoms with Crippen molar-refractivity contribution in [3.63, 3.8) is 0 Å². The molecule has 0 fully saturated rings. The molecule has 1 nitrogen and oxygen atoms in total. The molecule has 2 rings (SSSR count). The molecule has 0 aliphatic carbocycles. The standard InChI is InChI=1S/C15H12BrClF3N/c16-12-6-3-10(8-13(12)17)14(21)7-9-1-4-11(5-2-9)15(18,19)20/h1-6,8,14H,7,21H2. The fourth-order valence-corrected chi connectivity index (χ4v) is 2.38. The summed E-state index contributed by atoms with van der Waals surface area (Å²) in [7, 11) is 0. The molecule has 21 heavy (non-hydrogen) atoms. The molecule has 0 bridgehead atoms. The summed E-state index contributed by atoms with van der Waals surface area (Å²) in [5.41, 5.74) is 6.99. The minimum absolute atomic E-state index is 0.327. The van der Waals surface area contributed by atoms with E-state index in [2.05, 4.69) is 15.9 Å². The summed E-state index contributed by atoms with van der Waals surface area (Å²) < 4.78 is 38.2. The highest BCUT2D eigenvalue weighted by Gasteiger charge is 2.29. The molecule has 6 heteroatoms. The van der Waals surface area contributed by atoms with Crippen molar-refractivity contribution < 1.29 is 13.2 Å². The molecule has 0 amide bonds. The topological polar surface area (TPSA) is 26.0 Å². The Kier molecular flexibility index (Phi) is 4.96. The summed E-state index contributed by atoms with van der Waals surface area (Å²) in [6, 6.07) is 10.1. The van der Waals surface area contributed by atoms with Gasteiger partial charge in [-0.25, -0.2) is 0 Å². The maximum absolute atomic E-state index is 12.5. The number of rotatable bonds is 3. The number of hydrogen-bond donors (Lipinski definition) is 1. The quantitative estimate of drug-likeness (QED) is 0.764. The van der Waals surface area contributed by atoms with Crippen molar-refractivity contribution in [2.45, 2.75) is 18.6 Å². The van der Waals surface area contributed by atoms with Gasteiger partial charge in [0, 0.05) is 10.5 Å². The van der Waals surface area contributed by atoms with Crippen LogP contribution in [0.5, 0.6) is 0 Å². The molecule has 1 unspecified atom stereocenters. The van der Waals surface area contributed by atoms with Gasteiger partial charge >= 0.3 is 6.18 Å². The van der Waals surface area contributed by atoms with Crippen LogP contribution in [0.4, 0.5) is 13.2 Å². The third kappa shape index (κ3) is 4.22. The van der Waals surface area contributed by atoms with Gasteiger partial charge in [-0.3, -0.25) is 0 Å². The molecule has 0 spiro atoms. The van der Waals surface area contributed by atoms with Gasteiger partial charge in [-0.1, -0.05) is 29.8 Å². The Bertz CT molecular complexity index is 626. The molecule has 0 saturated carbocycles. The van der Waals surface area contributed by atoms with Crippen molar-refractivity contribution in [2.24, 2.45) is 5.73 Å². The minimum Gasteiger partial charge on any atom is -0.324 e. The van der Waals surface area contributed by atoms with Crippen LogP contribution in [0.15, 0.2) is 46.9 Å². The van der Waals surface area contributed by atoms with Crippen LogP contribution in [0.3, 0.4) is 0 Å². The number of alkyl halides is 3. The molecule has 112 valence electrons. The normalized spacial score (nSPS) is 13.2. The largest absolute Gasteiger partial charge is 0.416 e. The van der Waals surface area contributed by atoms with E-state index in [9.17, 15) is 13.2 Å². The maximum atomic E-state index is 12.5. The Hall–Kier alpha value is -1.04. The van der Waals surface area contributed by atoms with Gasteiger partial charge in [-0.2, -0.15) is 13.2 Å². The van der Waals surface area contributed by atoms with Crippen molar-refractivity contribution in [3.8, 4) is 0 Å². The molecule has 0 saturated heterocycles. The lowest BCUT2D eigenvalue weighted by Crippen LogP contribution is -2.13. The highest BCUT2D eigenvalue weighted by Crippen LogP contribution is 2.30. The Morgan fingerprint density at radius 1 is 1.10 bits per heavy atom. The number of halogens is 5. The first-order valence-corrected chi connectivity index (χ1v) is 7.31. The van der Waals surface area contributed by atoms with Crippen LogP contribution in [0.25, 0.3) is 0 Å². The first-order chi connectivity index (χ1) is 9.77. The second kappa shape index (κ2) is 6.38. The molecule has 2 N–H and O–H groups in total. The molecule has 2 aromatic rings. The van der Waals surface area contributed by atoms with Gasteiger partial charge in [-0.05, 0) is 57.7 Å². The molecular weight excluding hydrogens is 367 g/mol. The van der Waals surface area contributed by atoms with Gasteiger partial charge in [0.1, 0.15) is 0 Å². The molecule has 2 aromatic carbocycles. The van der Waals surface area contributed by atoms with Crippen LogP contribution < -0.4 is 5.73 Å². The van der Waals surface area contributed by atoms with Crippen LogP contribution in [-0.2, 0) is 12.6 Å². The van der Waals surface area contributed by atoms with Gasteiger partial charge in [0.15, 0.2) is 0 Å². The summed E-state index contributed by atoms with van der Waals surface area (Å²) in [6.45, 7) is 0. The van der Waals surface area contributed by atoms with Gasteiger partial charge < -0.3 is 5.73 Å². The van der Waals surface area contributed by atoms with Crippen molar-refractivity contribution in [1.82, 2.24) is 0 Å². The van der Waals surface area contributed by atoms with Crippen molar-refractivity contribution in [2.75, 3.05) is 0 Å². The third-order valence-corrected chi connectivity index (χ3v) is 4.34. The Morgan fingerprint density at radius 3 is 2.24 bits per heavy atom. The first kappa shape index (κ1) is 16.3. The highest BCUT2D eigenvalue weighted by molar-refractivity contribution is 9.10. The zero-order valence-corrected chi connectivity index (χ0v) is 13.1. The third-order valence-electron chi connectivity index (χ3n) is 3.11. The lowest BCUT2D eigenvalue weighted by Gasteiger charge is -2.14. The fraction of sp³-hybridized carbons (Fsp3) is 0.200. The van der Waals surface area contributed by atoms with Crippen molar-refractivity contribution in [1.29, 1.82) is 0 Å². The molecular formula is C15H12BrClF3N. The van der Waals surface area contributed by atoms with Crippen molar-refractivity contribution in [3.05, 3.63) is 68.7 Å². The maximum Gasteiger partial charge on any atom is 0.416 e. The SMILES string of the molecule is NC(Cc1ccc(C(F)(F)F)cc1)c1ccc(Br)c(Cl)c1. The Balaban J connectivity index is 2.12. The van der Waals surface area contributed by atoms with Crippen LogP contribution in [0, 0.1) is 0 Å². The predicted octanol–water partition coefficient (Wildman–Crippen LogP) is 5.36. The lowest BCUT2D eigenvalue weighted by molar-refractivity contribution is -0.137. The molecule has 0 heterocycles. The van der Waals surface area contributed by atoms with E-state index in [1.807, 2.05) is 6.07 Å². The van der Waals surface area contributed by atoms with Crippen LogP contribution in [0.1, 0.15) is 22.7 Å². The summed E-state index contributed by atoms with van der Waals surface area (Å²) >= 11 is 9.30. The van der Waals surface area contributed by atoms with E-state index in [4.69, 9.17) is 17.3 Å². The number of hydrogen-bond acceptors (Lipinski definition) is 1. The molecule has 0 aliphatic rings. The highest BCUT2D eigenvalue weighted by atomic mass is 79.9. The van der Waals surface area contributed by atoms with E-state index in [1.54, 1.807) is 12.1 Å². The zero-order valence-electron chi connectivity index (χ0n) is 10.8.